The summed E-state index contributed by atoms with van der Waals surface area (Å²) in [6, 6.07) is 4.84. The number of likely N-dealkylation sites (tertiary alicyclic amines) is 1. The molecule has 0 unspecified atom stereocenters. The summed E-state index contributed by atoms with van der Waals surface area (Å²) in [6.45, 7) is 3.30. The van der Waals surface area contributed by atoms with Gasteiger partial charge in [0.05, 0.1) is 17.3 Å². The van der Waals surface area contributed by atoms with Crippen molar-refractivity contribution in [3.63, 3.8) is 0 Å². The highest BCUT2D eigenvalue weighted by Crippen LogP contribution is 2.20. The van der Waals surface area contributed by atoms with Crippen molar-refractivity contribution in [2.24, 2.45) is 0 Å². The van der Waals surface area contributed by atoms with Crippen LogP contribution < -0.4 is 11.1 Å². The molecule has 0 aromatic heterocycles. The predicted molar refractivity (Wildman–Crippen MR) is 84.9 cm³/mol. The number of hydrogen-bond donors (Lipinski definition) is 2. The first-order valence-electron chi connectivity index (χ1n) is 7.29. The van der Waals surface area contributed by atoms with E-state index in [1.54, 1.807) is 30.0 Å². The minimum absolute atomic E-state index is 0.0371. The number of amides is 2. The number of halogens is 1. The Morgan fingerprint density at radius 3 is 2.68 bits per heavy atom. The Bertz CT molecular complexity index is 557. The molecule has 6 nitrogen and oxygen atoms in total. The lowest BCUT2D eigenvalue weighted by atomic mass is 10.0. The third kappa shape index (κ3) is 4.04. The van der Waals surface area contributed by atoms with E-state index in [1.165, 1.54) is 0 Å². The van der Waals surface area contributed by atoms with Crippen molar-refractivity contribution in [1.29, 1.82) is 0 Å². The van der Waals surface area contributed by atoms with E-state index in [-0.39, 0.29) is 18.0 Å². The van der Waals surface area contributed by atoms with E-state index in [0.717, 1.165) is 0 Å². The highest BCUT2D eigenvalue weighted by molar-refractivity contribution is 6.33. The smallest absolute Gasteiger partial charge is 0.409 e. The lowest BCUT2D eigenvalue weighted by Crippen LogP contribution is -2.46. The summed E-state index contributed by atoms with van der Waals surface area (Å²) in [4.78, 5) is 25.4. The largest absolute Gasteiger partial charge is 0.450 e. The molecule has 0 spiro atoms. The maximum Gasteiger partial charge on any atom is 0.409 e. The second-order valence-corrected chi connectivity index (χ2v) is 5.58. The summed E-state index contributed by atoms with van der Waals surface area (Å²) < 4.78 is 4.96. The number of ether oxygens (including phenoxy) is 1. The van der Waals surface area contributed by atoms with E-state index in [4.69, 9.17) is 22.1 Å². The average Bonchev–Trinajstić information content (AvgIpc) is 2.51. The van der Waals surface area contributed by atoms with Gasteiger partial charge in [-0.05, 0) is 38.0 Å². The van der Waals surface area contributed by atoms with Gasteiger partial charge in [0.25, 0.3) is 5.91 Å². The van der Waals surface area contributed by atoms with Gasteiger partial charge in [0.1, 0.15) is 0 Å². The van der Waals surface area contributed by atoms with E-state index < -0.39 is 0 Å². The van der Waals surface area contributed by atoms with Crippen molar-refractivity contribution in [3.8, 4) is 0 Å². The first-order chi connectivity index (χ1) is 10.5. The lowest BCUT2D eigenvalue weighted by Gasteiger charge is -2.31. The van der Waals surface area contributed by atoms with Crippen molar-refractivity contribution in [2.75, 3.05) is 25.4 Å². The summed E-state index contributed by atoms with van der Waals surface area (Å²) in [6.07, 6.45) is 1.11. The van der Waals surface area contributed by atoms with Crippen molar-refractivity contribution in [2.45, 2.75) is 25.8 Å². The van der Waals surface area contributed by atoms with E-state index >= 15 is 0 Å². The van der Waals surface area contributed by atoms with E-state index in [0.29, 0.717) is 48.8 Å². The van der Waals surface area contributed by atoms with Gasteiger partial charge in [0.2, 0.25) is 0 Å². The lowest BCUT2D eigenvalue weighted by molar-refractivity contribution is 0.0860. The molecule has 1 aromatic rings. The fourth-order valence-electron chi connectivity index (χ4n) is 2.37. The number of rotatable bonds is 3. The van der Waals surface area contributed by atoms with Crippen molar-refractivity contribution >= 4 is 29.3 Å². The number of nitrogens with one attached hydrogen (secondary N) is 1. The summed E-state index contributed by atoms with van der Waals surface area (Å²) in [7, 11) is 0. The predicted octanol–water partition coefficient (Wildman–Crippen LogP) is 2.27. The first kappa shape index (κ1) is 16.4. The molecule has 7 heteroatoms. The molecular weight excluding hydrogens is 306 g/mol. The van der Waals surface area contributed by atoms with E-state index in [9.17, 15) is 9.59 Å². The Balaban J connectivity index is 1.86. The summed E-state index contributed by atoms with van der Waals surface area (Å²) in [5.74, 6) is -0.182. The van der Waals surface area contributed by atoms with Gasteiger partial charge in [0.15, 0.2) is 0 Å². The minimum Gasteiger partial charge on any atom is -0.450 e. The summed E-state index contributed by atoms with van der Waals surface area (Å²) in [5, 5.41) is 3.39. The number of piperidine rings is 1. The quantitative estimate of drug-likeness (QED) is 0.835. The number of anilines is 1. The third-order valence-corrected chi connectivity index (χ3v) is 3.96. The second-order valence-electron chi connectivity index (χ2n) is 5.17. The monoisotopic (exact) mass is 325 g/mol. The van der Waals surface area contributed by atoms with Gasteiger partial charge in [-0.3, -0.25) is 4.79 Å². The molecule has 1 heterocycles. The SMILES string of the molecule is CCOC(=O)N1CCC(NC(=O)c2ccc(Cl)c(N)c2)CC1. The molecule has 120 valence electrons. The maximum absolute atomic E-state index is 12.2. The van der Waals surface area contributed by atoms with Gasteiger partial charge in [-0.2, -0.15) is 0 Å². The van der Waals surface area contributed by atoms with Gasteiger partial charge < -0.3 is 20.7 Å². The molecule has 0 radical (unpaired) electrons. The number of hydrogen-bond acceptors (Lipinski definition) is 4. The first-order valence-corrected chi connectivity index (χ1v) is 7.66. The molecule has 0 bridgehead atoms. The molecule has 1 aliphatic rings. The number of nitrogens with zero attached hydrogens (tertiary/aromatic N) is 1. The van der Waals surface area contributed by atoms with E-state index in [1.807, 2.05) is 0 Å². The van der Waals surface area contributed by atoms with Crippen LogP contribution in [0, 0.1) is 0 Å². The van der Waals surface area contributed by atoms with Crippen LogP contribution in [0.15, 0.2) is 18.2 Å². The molecule has 0 saturated carbocycles. The van der Waals surface area contributed by atoms with Crippen LogP contribution in [0.3, 0.4) is 0 Å². The van der Waals surface area contributed by atoms with Crippen LogP contribution in [0.1, 0.15) is 30.1 Å². The second kappa shape index (κ2) is 7.35. The average molecular weight is 326 g/mol. The number of carbonyl (C=O) groups is 2. The third-order valence-electron chi connectivity index (χ3n) is 3.61. The molecule has 2 amide bonds. The molecule has 1 saturated heterocycles. The zero-order valence-electron chi connectivity index (χ0n) is 12.5. The van der Waals surface area contributed by atoms with Crippen LogP contribution in [-0.4, -0.2) is 42.6 Å². The van der Waals surface area contributed by atoms with Gasteiger partial charge in [-0.1, -0.05) is 11.6 Å². The topological polar surface area (TPSA) is 84.7 Å². The van der Waals surface area contributed by atoms with Crippen LogP contribution in [-0.2, 0) is 4.74 Å². The fraction of sp³-hybridized carbons (Fsp3) is 0.467. The van der Waals surface area contributed by atoms with Crippen LogP contribution in [0.25, 0.3) is 0 Å². The Morgan fingerprint density at radius 1 is 1.41 bits per heavy atom. The van der Waals surface area contributed by atoms with Crippen LogP contribution >= 0.6 is 11.6 Å². The Kier molecular flexibility index (Phi) is 5.49. The number of nitrogens with two attached hydrogens (primary N) is 1. The Morgan fingerprint density at radius 2 is 2.09 bits per heavy atom. The molecule has 0 aliphatic carbocycles. The van der Waals surface area contributed by atoms with Crippen molar-refractivity contribution < 1.29 is 14.3 Å². The molecule has 1 fully saturated rings. The zero-order chi connectivity index (χ0) is 16.1. The fourth-order valence-corrected chi connectivity index (χ4v) is 2.49. The van der Waals surface area contributed by atoms with Crippen LogP contribution in [0.5, 0.6) is 0 Å². The van der Waals surface area contributed by atoms with E-state index in [2.05, 4.69) is 5.32 Å². The van der Waals surface area contributed by atoms with Crippen LogP contribution in [0.2, 0.25) is 5.02 Å². The molecule has 0 atom stereocenters. The highest BCUT2D eigenvalue weighted by atomic mass is 35.5. The van der Waals surface area contributed by atoms with Crippen LogP contribution in [0.4, 0.5) is 10.5 Å². The number of benzene rings is 1. The molecule has 1 aliphatic heterocycles. The van der Waals surface area contributed by atoms with Gasteiger partial charge in [-0.25, -0.2) is 4.79 Å². The number of carbonyl (C=O) groups excluding carboxylic acids is 2. The molecule has 22 heavy (non-hydrogen) atoms. The zero-order valence-corrected chi connectivity index (χ0v) is 13.2. The van der Waals surface area contributed by atoms with Crippen molar-refractivity contribution in [1.82, 2.24) is 10.2 Å². The number of nitrogen functional groups attached to an aromatic ring is 1. The van der Waals surface area contributed by atoms with Gasteiger partial charge in [0, 0.05) is 24.7 Å². The molecule has 1 aromatic carbocycles. The van der Waals surface area contributed by atoms with Crippen molar-refractivity contribution in [3.05, 3.63) is 28.8 Å². The maximum atomic E-state index is 12.2. The Labute approximate surface area is 134 Å². The highest BCUT2D eigenvalue weighted by Gasteiger charge is 2.24. The Hall–Kier alpha value is -1.95. The molecular formula is C15H20ClN3O3. The van der Waals surface area contributed by atoms with Gasteiger partial charge in [-0.15, -0.1) is 0 Å². The van der Waals surface area contributed by atoms with Gasteiger partial charge >= 0.3 is 6.09 Å². The molecule has 3 N–H and O–H groups in total. The summed E-state index contributed by atoms with van der Waals surface area (Å²) in [5.41, 5.74) is 6.56. The standard InChI is InChI=1S/C15H20ClN3O3/c1-2-22-15(21)19-7-5-11(6-8-19)18-14(20)10-3-4-12(16)13(17)9-10/h3-4,9,11H,2,5-8,17H2,1H3,(H,18,20). The normalized spacial score (nSPS) is 15.5. The summed E-state index contributed by atoms with van der Waals surface area (Å²) >= 11 is 5.84. The molecule has 2 rings (SSSR count). The minimum atomic E-state index is -0.294.